The second-order valence-corrected chi connectivity index (χ2v) is 10.1. The van der Waals surface area contributed by atoms with Crippen molar-refractivity contribution in [2.45, 2.75) is 18.8 Å². The van der Waals surface area contributed by atoms with Gasteiger partial charge in [0.05, 0.1) is 29.7 Å². The van der Waals surface area contributed by atoms with Crippen molar-refractivity contribution in [2.24, 2.45) is 0 Å². The molecule has 43 heavy (non-hydrogen) atoms. The van der Waals surface area contributed by atoms with Gasteiger partial charge in [-0.3, -0.25) is 4.79 Å². The number of likely N-dealkylation sites (N-methyl/N-ethyl adjacent to an activating group) is 1. The summed E-state index contributed by atoms with van der Waals surface area (Å²) in [7, 11) is 5.42. The number of amides is 1. The summed E-state index contributed by atoms with van der Waals surface area (Å²) < 4.78 is 75.1. The van der Waals surface area contributed by atoms with Crippen molar-refractivity contribution in [1.29, 1.82) is 0 Å². The number of rotatable bonds is 9. The average molecular weight is 603 g/mol. The van der Waals surface area contributed by atoms with Gasteiger partial charge < -0.3 is 29.7 Å². The largest absolute Gasteiger partial charge is 0.494 e. The number of hydrogen-bond donors (Lipinski definition) is 2. The van der Waals surface area contributed by atoms with Gasteiger partial charge in [-0.25, -0.2) is 23.7 Å². The minimum atomic E-state index is -4.72. The number of aromatic nitrogens is 4. The van der Waals surface area contributed by atoms with Crippen molar-refractivity contribution >= 4 is 40.0 Å². The van der Waals surface area contributed by atoms with Gasteiger partial charge in [-0.15, -0.1) is 0 Å². The molecule has 15 heteroatoms. The van der Waals surface area contributed by atoms with Gasteiger partial charge in [0.15, 0.2) is 11.6 Å². The molecule has 1 fully saturated rings. The third-order valence-corrected chi connectivity index (χ3v) is 6.94. The number of fused-ring (bicyclic) bond motifs is 1. The molecular weight excluding hydrogens is 575 g/mol. The monoisotopic (exact) mass is 602 g/mol. The first-order valence-corrected chi connectivity index (χ1v) is 13.0. The van der Waals surface area contributed by atoms with E-state index >= 15 is 0 Å². The van der Waals surface area contributed by atoms with Gasteiger partial charge in [0, 0.05) is 37.5 Å². The summed E-state index contributed by atoms with van der Waals surface area (Å²) in [4.78, 5) is 28.9. The lowest BCUT2D eigenvalue weighted by Gasteiger charge is -2.45. The maximum atomic E-state index is 14.5. The molecule has 0 bridgehead atoms. The molecule has 1 aliphatic heterocycles. The SMILES string of the molecule is C=CC(=O)Nc1cc(Nc2nccc(-c3nc4c(F)cc(F)cc4n3CC(F)(F)F)n2)c(OC)cc1N1CC(N(C)C)C1. The number of imidazole rings is 1. The summed E-state index contributed by atoms with van der Waals surface area (Å²) in [5, 5.41) is 5.76. The van der Waals surface area contributed by atoms with Gasteiger partial charge in [0.1, 0.15) is 29.3 Å². The van der Waals surface area contributed by atoms with Crippen LogP contribution in [0.1, 0.15) is 0 Å². The van der Waals surface area contributed by atoms with E-state index in [1.165, 1.54) is 19.4 Å². The van der Waals surface area contributed by atoms with Crippen molar-refractivity contribution in [3.63, 3.8) is 0 Å². The first kappa shape index (κ1) is 29.7. The molecule has 4 aromatic rings. The van der Waals surface area contributed by atoms with Crippen molar-refractivity contribution in [1.82, 2.24) is 24.4 Å². The fourth-order valence-corrected chi connectivity index (χ4v) is 4.71. The first-order valence-electron chi connectivity index (χ1n) is 13.0. The molecule has 0 unspecified atom stereocenters. The molecule has 0 saturated carbocycles. The van der Waals surface area contributed by atoms with Gasteiger partial charge in [-0.05, 0) is 38.4 Å². The van der Waals surface area contributed by atoms with Crippen LogP contribution in [0.3, 0.4) is 0 Å². The van der Waals surface area contributed by atoms with Gasteiger partial charge in [-0.1, -0.05) is 6.58 Å². The summed E-state index contributed by atoms with van der Waals surface area (Å²) in [6.07, 6.45) is -2.31. The summed E-state index contributed by atoms with van der Waals surface area (Å²) >= 11 is 0. The highest BCUT2D eigenvalue weighted by molar-refractivity contribution is 6.02. The second-order valence-electron chi connectivity index (χ2n) is 10.1. The van der Waals surface area contributed by atoms with E-state index in [2.05, 4.69) is 42.0 Å². The predicted molar refractivity (Wildman–Crippen MR) is 152 cm³/mol. The van der Waals surface area contributed by atoms with Crippen LogP contribution in [-0.4, -0.2) is 76.8 Å². The first-order chi connectivity index (χ1) is 20.4. The van der Waals surface area contributed by atoms with Crippen LogP contribution in [0.5, 0.6) is 5.75 Å². The number of anilines is 4. The number of nitrogens with one attached hydrogen (secondary N) is 2. The zero-order valence-corrected chi connectivity index (χ0v) is 23.3. The Morgan fingerprint density at radius 3 is 2.56 bits per heavy atom. The lowest BCUT2D eigenvalue weighted by atomic mass is 10.0. The molecule has 0 radical (unpaired) electrons. The van der Waals surface area contributed by atoms with E-state index in [4.69, 9.17) is 4.74 Å². The van der Waals surface area contributed by atoms with E-state index in [1.54, 1.807) is 12.1 Å². The molecule has 1 amide bonds. The average Bonchev–Trinajstić information content (AvgIpc) is 3.25. The summed E-state index contributed by atoms with van der Waals surface area (Å²) in [5.74, 6) is -2.61. The van der Waals surface area contributed by atoms with E-state index in [-0.39, 0.29) is 23.0 Å². The quantitative estimate of drug-likeness (QED) is 0.205. The number of benzene rings is 2. The van der Waals surface area contributed by atoms with Gasteiger partial charge in [-0.2, -0.15) is 13.2 Å². The maximum absolute atomic E-state index is 14.5. The number of methoxy groups -OCH3 is 1. The van der Waals surface area contributed by atoms with Gasteiger partial charge in [0.2, 0.25) is 11.9 Å². The lowest BCUT2D eigenvalue weighted by Crippen LogP contribution is -2.57. The Hall–Kier alpha value is -4.79. The highest BCUT2D eigenvalue weighted by atomic mass is 19.4. The smallest absolute Gasteiger partial charge is 0.406 e. The summed E-state index contributed by atoms with van der Waals surface area (Å²) in [6, 6.07) is 6.31. The molecular formula is C28H27F5N8O2. The zero-order chi connectivity index (χ0) is 31.1. The van der Waals surface area contributed by atoms with Crippen molar-refractivity contribution in [2.75, 3.05) is 49.8 Å². The highest BCUT2D eigenvalue weighted by Crippen LogP contribution is 2.40. The number of halogens is 5. The van der Waals surface area contributed by atoms with E-state index in [0.717, 1.165) is 12.1 Å². The molecule has 3 heterocycles. The van der Waals surface area contributed by atoms with Crippen LogP contribution in [0.25, 0.3) is 22.6 Å². The third kappa shape index (κ3) is 6.21. The van der Waals surface area contributed by atoms with Crippen LogP contribution in [0.4, 0.5) is 45.0 Å². The minimum absolute atomic E-state index is 0.0570. The van der Waals surface area contributed by atoms with E-state index < -0.39 is 35.8 Å². The van der Waals surface area contributed by atoms with Crippen molar-refractivity contribution in [3.05, 3.63) is 60.8 Å². The Balaban J connectivity index is 1.54. The normalized spacial score (nSPS) is 13.7. The van der Waals surface area contributed by atoms with Crippen LogP contribution in [0.2, 0.25) is 0 Å². The molecule has 2 aromatic carbocycles. The second kappa shape index (κ2) is 11.5. The molecule has 0 spiro atoms. The van der Waals surface area contributed by atoms with Gasteiger partial charge in [0.25, 0.3) is 0 Å². The Kier molecular flexibility index (Phi) is 7.92. The fraction of sp³-hybridized carbons (Fsp3) is 0.286. The predicted octanol–water partition coefficient (Wildman–Crippen LogP) is 4.96. The maximum Gasteiger partial charge on any atom is 0.406 e. The van der Waals surface area contributed by atoms with Crippen LogP contribution in [0, 0.1) is 11.6 Å². The van der Waals surface area contributed by atoms with Crippen LogP contribution >= 0.6 is 0 Å². The lowest BCUT2D eigenvalue weighted by molar-refractivity contribution is -0.139. The van der Waals surface area contributed by atoms with E-state index in [1.807, 2.05) is 14.1 Å². The van der Waals surface area contributed by atoms with Crippen molar-refractivity contribution < 1.29 is 31.5 Å². The number of hydrogen-bond acceptors (Lipinski definition) is 8. The molecule has 1 saturated heterocycles. The zero-order valence-electron chi connectivity index (χ0n) is 23.3. The fourth-order valence-electron chi connectivity index (χ4n) is 4.71. The number of carbonyl (C=O) groups excluding carboxylic acids is 1. The molecule has 5 rings (SSSR count). The Morgan fingerprint density at radius 2 is 1.91 bits per heavy atom. The van der Waals surface area contributed by atoms with E-state index in [9.17, 15) is 26.7 Å². The topological polar surface area (TPSA) is 100 Å². The molecule has 2 N–H and O–H groups in total. The molecule has 0 aliphatic carbocycles. The standard InChI is InChI=1S/C28H27F5N8O2/c1-5-24(42)35-19-10-20(23(43-4)11-21(19)40-12-16(13-40)39(2)3)37-27-34-7-6-18(36-27)26-38-25-17(30)8-15(29)9-22(25)41(26)14-28(31,32)33/h5-11,16H,1,12-14H2,2-4H3,(H,35,42)(H,34,36,37). The molecule has 2 aromatic heterocycles. The van der Waals surface area contributed by atoms with Crippen molar-refractivity contribution in [3.8, 4) is 17.3 Å². The molecule has 10 nitrogen and oxygen atoms in total. The summed E-state index contributed by atoms with van der Waals surface area (Å²) in [5.41, 5.74) is 0.608. The van der Waals surface area contributed by atoms with E-state index in [0.29, 0.717) is 52.6 Å². The Morgan fingerprint density at radius 1 is 1.16 bits per heavy atom. The highest BCUT2D eigenvalue weighted by Gasteiger charge is 2.33. The third-order valence-electron chi connectivity index (χ3n) is 6.94. The number of ether oxygens (including phenoxy) is 1. The summed E-state index contributed by atoms with van der Waals surface area (Å²) in [6.45, 7) is 3.38. The number of alkyl halides is 3. The molecule has 1 aliphatic rings. The molecule has 226 valence electrons. The minimum Gasteiger partial charge on any atom is -0.494 e. The van der Waals surface area contributed by atoms with Crippen LogP contribution in [-0.2, 0) is 11.3 Å². The Labute approximate surface area is 242 Å². The number of carbonyl (C=O) groups is 1. The Bertz CT molecular complexity index is 1700. The number of nitrogens with zero attached hydrogens (tertiary/aromatic N) is 6. The van der Waals surface area contributed by atoms with Gasteiger partial charge >= 0.3 is 6.18 Å². The van der Waals surface area contributed by atoms with Crippen LogP contribution < -0.4 is 20.3 Å². The van der Waals surface area contributed by atoms with Crippen LogP contribution in [0.15, 0.2) is 49.2 Å². The molecule has 0 atom stereocenters.